The Balaban J connectivity index is 0.832. The molecular weight excluding hydrogens is 610 g/mol. The first-order valence-electron chi connectivity index (χ1n) is 16.3. The van der Waals surface area contributed by atoms with Crippen molar-refractivity contribution in [1.82, 2.24) is 24.1 Å². The fourth-order valence-corrected chi connectivity index (χ4v) is 7.35. The number of imidazole rings is 1. The van der Waals surface area contributed by atoms with Gasteiger partial charge in [-0.15, -0.1) is 0 Å². The van der Waals surface area contributed by atoms with Gasteiger partial charge in [0.25, 0.3) is 11.8 Å². The number of benzene rings is 4. The first-order chi connectivity index (χ1) is 23.4. The van der Waals surface area contributed by atoms with E-state index in [1.54, 1.807) is 24.5 Å². The molecule has 0 aliphatic carbocycles. The predicted octanol–water partition coefficient (Wildman–Crippen LogP) is 4.39. The highest BCUT2D eigenvalue weighted by atomic mass is 16.8. The van der Waals surface area contributed by atoms with Gasteiger partial charge in [-0.3, -0.25) is 28.9 Å². The van der Waals surface area contributed by atoms with E-state index in [0.29, 0.717) is 33.5 Å². The lowest BCUT2D eigenvalue weighted by Gasteiger charge is -2.35. The lowest BCUT2D eigenvalue weighted by Crippen LogP contribution is -2.48. The second-order valence-electron chi connectivity index (χ2n) is 12.6. The molecule has 0 radical (unpaired) electrons. The van der Waals surface area contributed by atoms with Crippen molar-refractivity contribution in [2.75, 3.05) is 62.9 Å². The Morgan fingerprint density at radius 2 is 1.56 bits per heavy atom. The molecule has 1 saturated heterocycles. The van der Waals surface area contributed by atoms with E-state index in [4.69, 9.17) is 0 Å². The number of anilines is 2. The minimum Gasteiger partial charge on any atom is -0.733 e. The molecule has 8 rings (SSSR count). The average molecular weight is 645 g/mol. The summed E-state index contributed by atoms with van der Waals surface area (Å²) in [5.74, 6) is -0.786. The van der Waals surface area contributed by atoms with E-state index in [0.717, 1.165) is 74.5 Å². The summed E-state index contributed by atoms with van der Waals surface area (Å²) in [6, 6.07) is 19.5. The highest BCUT2D eigenvalue weighted by Gasteiger charge is 2.33. The van der Waals surface area contributed by atoms with Gasteiger partial charge in [0.2, 0.25) is 0 Å². The summed E-state index contributed by atoms with van der Waals surface area (Å²) < 4.78 is 2.00. The van der Waals surface area contributed by atoms with Crippen LogP contribution in [-0.2, 0) is 0 Å². The van der Waals surface area contributed by atoms with Crippen molar-refractivity contribution in [3.8, 4) is 0 Å². The Kier molecular flexibility index (Phi) is 7.64. The molecule has 12 nitrogen and oxygen atoms in total. The van der Waals surface area contributed by atoms with Gasteiger partial charge in [0.05, 0.1) is 33.2 Å². The zero-order valence-corrected chi connectivity index (χ0v) is 26.3. The molecule has 1 fully saturated rings. The van der Waals surface area contributed by atoms with Crippen LogP contribution in [0.2, 0.25) is 0 Å². The fraction of sp³-hybridized carbons (Fsp3) is 0.278. The molecule has 4 heterocycles. The lowest BCUT2D eigenvalue weighted by atomic mass is 9.93. The van der Waals surface area contributed by atoms with Crippen molar-refractivity contribution in [3.63, 3.8) is 0 Å². The predicted molar refractivity (Wildman–Crippen MR) is 185 cm³/mol. The summed E-state index contributed by atoms with van der Waals surface area (Å²) in [5.41, 5.74) is 4.00. The van der Waals surface area contributed by atoms with Crippen LogP contribution in [0.4, 0.5) is 11.4 Å². The largest absolute Gasteiger partial charge is 0.733 e. The molecule has 2 aromatic heterocycles. The van der Waals surface area contributed by atoms with Gasteiger partial charge >= 0.3 is 0 Å². The molecule has 2 aliphatic heterocycles. The van der Waals surface area contributed by atoms with Crippen LogP contribution < -0.4 is 16.0 Å². The second-order valence-corrected chi connectivity index (χ2v) is 12.6. The minimum absolute atomic E-state index is 0.0189. The number of para-hydroxylation sites is 1. The van der Waals surface area contributed by atoms with E-state index < -0.39 is 5.91 Å². The molecule has 0 atom stereocenters. The Morgan fingerprint density at radius 1 is 0.812 bits per heavy atom. The van der Waals surface area contributed by atoms with E-state index in [9.17, 15) is 24.8 Å². The van der Waals surface area contributed by atoms with E-state index in [1.165, 1.54) is 17.0 Å². The van der Waals surface area contributed by atoms with E-state index in [1.807, 2.05) is 40.8 Å². The highest BCUT2D eigenvalue weighted by Crippen LogP contribution is 2.34. The van der Waals surface area contributed by atoms with Crippen molar-refractivity contribution >= 4 is 61.3 Å². The summed E-state index contributed by atoms with van der Waals surface area (Å²) in [6.07, 6.45) is 3.35. The second kappa shape index (κ2) is 12.1. The van der Waals surface area contributed by atoms with Gasteiger partial charge in [-0.05, 0) is 73.8 Å². The number of nitrogens with zero attached hydrogens (tertiary/aromatic N) is 6. The monoisotopic (exact) mass is 644 g/mol. The number of hydrogen-bond donors (Lipinski definition) is 2. The summed E-state index contributed by atoms with van der Waals surface area (Å²) in [7, 11) is 0. The SMILES string of the molecule is O=C1c2cccc3cc(N([O-])O)cc(c23)C(=O)N1CCCN1CCN(CCCNc2ccc3ncn4c5ccccc5c(=O)c2c34)CC1. The van der Waals surface area contributed by atoms with E-state index in [-0.39, 0.29) is 34.4 Å². The Labute approximate surface area is 275 Å². The standard InChI is InChI=1S/C36H34N7O5/c44-34-25-7-1-2-9-30(25)42-22-38-29-11-10-28(32(34)33(29)42)37-12-4-13-39-16-18-40(19-17-39)14-5-15-41-35(45)26-8-3-6-23-20-24(43(47)48)21-27(31(23)26)36(41)46/h1-3,6-11,20-22,37,47H,4-5,12-19H2/q-1. The summed E-state index contributed by atoms with van der Waals surface area (Å²) in [4.78, 5) is 50.7. The normalized spacial score (nSPS) is 15.8. The van der Waals surface area contributed by atoms with Crippen molar-refractivity contribution in [2.24, 2.45) is 0 Å². The maximum atomic E-state index is 13.5. The van der Waals surface area contributed by atoms with Gasteiger partial charge in [0.15, 0.2) is 5.43 Å². The quantitative estimate of drug-likeness (QED) is 0.0956. The minimum atomic E-state index is -0.449. The van der Waals surface area contributed by atoms with Crippen LogP contribution in [0.15, 0.2) is 77.9 Å². The third-order valence-electron chi connectivity index (χ3n) is 9.77. The number of rotatable bonds is 10. The molecule has 4 aromatic carbocycles. The molecule has 48 heavy (non-hydrogen) atoms. The van der Waals surface area contributed by atoms with Gasteiger partial charge in [-0.1, -0.05) is 24.3 Å². The number of piperazine rings is 1. The number of imide groups is 1. The number of fused-ring (bicyclic) bond motifs is 2. The molecule has 12 heteroatoms. The van der Waals surface area contributed by atoms with Crippen LogP contribution in [0.1, 0.15) is 33.6 Å². The van der Waals surface area contributed by atoms with Gasteiger partial charge in [0, 0.05) is 61.3 Å². The molecular formula is C36H34N7O5-. The van der Waals surface area contributed by atoms with Crippen LogP contribution >= 0.6 is 0 Å². The maximum Gasteiger partial charge on any atom is 0.261 e. The number of pyridine rings is 1. The van der Waals surface area contributed by atoms with Crippen LogP contribution in [0.3, 0.4) is 0 Å². The van der Waals surface area contributed by atoms with Crippen LogP contribution in [0, 0.1) is 5.21 Å². The van der Waals surface area contributed by atoms with Crippen LogP contribution in [0.25, 0.3) is 38.1 Å². The first kappa shape index (κ1) is 30.2. The molecule has 0 bridgehead atoms. The number of nitrogens with one attached hydrogen (secondary N) is 1. The van der Waals surface area contributed by atoms with Crippen molar-refractivity contribution in [1.29, 1.82) is 0 Å². The molecule has 6 aromatic rings. The number of carbonyl (C=O) groups is 2. The van der Waals surface area contributed by atoms with Gasteiger partial charge in [-0.25, -0.2) is 4.98 Å². The topological polar surface area (TPSA) is 137 Å². The summed E-state index contributed by atoms with van der Waals surface area (Å²) >= 11 is 0. The van der Waals surface area contributed by atoms with Crippen molar-refractivity contribution < 1.29 is 14.8 Å². The zero-order chi connectivity index (χ0) is 32.9. The number of hydrogen-bond acceptors (Lipinski definition) is 10. The molecule has 0 spiro atoms. The number of aromatic nitrogens is 2. The Bertz CT molecular complexity index is 2260. The zero-order valence-electron chi connectivity index (χ0n) is 26.3. The molecule has 2 amide bonds. The lowest BCUT2D eigenvalue weighted by molar-refractivity contribution is 0.0597. The molecule has 0 unspecified atom stereocenters. The third-order valence-corrected chi connectivity index (χ3v) is 9.77. The molecule has 2 N–H and O–H groups in total. The highest BCUT2D eigenvalue weighted by molar-refractivity contribution is 6.26. The van der Waals surface area contributed by atoms with Crippen LogP contribution in [-0.4, -0.2) is 93.5 Å². The molecule has 244 valence electrons. The van der Waals surface area contributed by atoms with Crippen molar-refractivity contribution in [2.45, 2.75) is 12.8 Å². The van der Waals surface area contributed by atoms with Crippen LogP contribution in [0.5, 0.6) is 0 Å². The Morgan fingerprint density at radius 3 is 2.35 bits per heavy atom. The summed E-state index contributed by atoms with van der Waals surface area (Å²) in [5, 5.41) is 26.7. The average Bonchev–Trinajstić information content (AvgIpc) is 3.54. The van der Waals surface area contributed by atoms with E-state index in [2.05, 4.69) is 20.1 Å². The number of carbonyl (C=O) groups excluding carboxylic acids is 2. The Hall–Kier alpha value is -5.14. The molecule has 0 saturated carbocycles. The fourth-order valence-electron chi connectivity index (χ4n) is 7.35. The van der Waals surface area contributed by atoms with Crippen molar-refractivity contribution in [3.05, 3.63) is 99.6 Å². The molecule has 2 aliphatic rings. The summed E-state index contributed by atoms with van der Waals surface area (Å²) in [6.45, 7) is 6.36. The smallest absolute Gasteiger partial charge is 0.261 e. The first-order valence-corrected chi connectivity index (χ1v) is 16.3. The van der Waals surface area contributed by atoms with Gasteiger partial charge in [-0.2, -0.15) is 0 Å². The maximum absolute atomic E-state index is 13.5. The third kappa shape index (κ3) is 5.10. The van der Waals surface area contributed by atoms with E-state index >= 15 is 0 Å². The number of amides is 2. The van der Waals surface area contributed by atoms with Gasteiger partial charge < -0.3 is 25.6 Å². The van der Waals surface area contributed by atoms with Gasteiger partial charge in [0.1, 0.15) is 6.33 Å².